The normalized spacial score (nSPS) is 26.3. The molecule has 0 radical (unpaired) electrons. The number of halogens is 4. The van der Waals surface area contributed by atoms with E-state index in [4.69, 9.17) is 17.3 Å². The van der Waals surface area contributed by atoms with E-state index in [0.29, 0.717) is 31.9 Å². The van der Waals surface area contributed by atoms with Gasteiger partial charge in [0.15, 0.2) is 0 Å². The highest BCUT2D eigenvalue weighted by molar-refractivity contribution is 6.33. The average Bonchev–Trinajstić information content (AvgIpc) is 3.22. The number of rotatable bonds is 4. The molecule has 1 aliphatic heterocycles. The van der Waals surface area contributed by atoms with Crippen LogP contribution in [0.4, 0.5) is 19.0 Å². The van der Waals surface area contributed by atoms with Crippen LogP contribution in [0, 0.1) is 11.8 Å². The Morgan fingerprint density at radius 3 is 2.81 bits per heavy atom. The van der Waals surface area contributed by atoms with Crippen LogP contribution in [0.5, 0.6) is 0 Å². The lowest BCUT2D eigenvalue weighted by molar-refractivity contribution is -0.137. The van der Waals surface area contributed by atoms with Crippen molar-refractivity contribution in [3.05, 3.63) is 22.8 Å². The monoisotopic (exact) mass is 390 g/mol. The predicted octanol–water partition coefficient (Wildman–Crippen LogP) is 2.82. The van der Waals surface area contributed by atoms with Crippen molar-refractivity contribution in [1.29, 1.82) is 0 Å². The lowest BCUT2D eigenvalue weighted by atomic mass is 9.95. The number of anilines is 1. The van der Waals surface area contributed by atoms with Gasteiger partial charge in [-0.25, -0.2) is 4.98 Å². The van der Waals surface area contributed by atoms with Gasteiger partial charge < -0.3 is 16.0 Å². The summed E-state index contributed by atoms with van der Waals surface area (Å²) in [5.74, 6) is 0.536. The van der Waals surface area contributed by atoms with Crippen LogP contribution >= 0.6 is 11.6 Å². The van der Waals surface area contributed by atoms with Gasteiger partial charge in [-0.1, -0.05) is 18.0 Å². The summed E-state index contributed by atoms with van der Waals surface area (Å²) < 4.78 is 38.2. The van der Waals surface area contributed by atoms with E-state index in [0.717, 1.165) is 31.5 Å². The van der Waals surface area contributed by atoms with Crippen molar-refractivity contribution in [2.75, 3.05) is 24.5 Å². The van der Waals surface area contributed by atoms with Gasteiger partial charge in [0.05, 0.1) is 10.6 Å². The smallest absolute Gasteiger partial charge is 0.353 e. The number of amides is 1. The van der Waals surface area contributed by atoms with Gasteiger partial charge in [-0.3, -0.25) is 4.79 Å². The van der Waals surface area contributed by atoms with E-state index in [1.807, 2.05) is 4.90 Å². The fourth-order valence-electron chi connectivity index (χ4n) is 3.86. The van der Waals surface area contributed by atoms with Gasteiger partial charge in [0.2, 0.25) is 5.91 Å². The molecule has 0 spiro atoms. The Balaban J connectivity index is 1.61. The zero-order valence-electron chi connectivity index (χ0n) is 14.2. The number of carbonyl (C=O) groups is 1. The molecule has 9 heteroatoms. The minimum atomic E-state index is -4.47. The average molecular weight is 391 g/mol. The van der Waals surface area contributed by atoms with Crippen LogP contribution in [-0.4, -0.2) is 36.6 Å². The maximum atomic E-state index is 12.7. The number of hydrogen-bond donors (Lipinski definition) is 2. The van der Waals surface area contributed by atoms with Crippen LogP contribution in [0.25, 0.3) is 0 Å². The van der Waals surface area contributed by atoms with E-state index in [1.165, 1.54) is 0 Å². The fraction of sp³-hybridized carbons (Fsp3) is 0.647. The summed E-state index contributed by atoms with van der Waals surface area (Å²) in [6.07, 6.45) is -0.130. The lowest BCUT2D eigenvalue weighted by Crippen LogP contribution is -2.42. The molecule has 3 N–H and O–H groups in total. The molecular weight excluding hydrogens is 369 g/mol. The number of aromatic nitrogens is 1. The second kappa shape index (κ2) is 7.60. The second-order valence-electron chi connectivity index (χ2n) is 7.00. The largest absolute Gasteiger partial charge is 0.417 e. The van der Waals surface area contributed by atoms with E-state index >= 15 is 0 Å². The SMILES string of the molecule is NC[C@H]1CCC[C@H]1C(=O)NC1CCN(c2ncc(C(F)(F)F)cc2Cl)C1. The van der Waals surface area contributed by atoms with E-state index in [9.17, 15) is 18.0 Å². The third-order valence-electron chi connectivity index (χ3n) is 5.28. The van der Waals surface area contributed by atoms with Gasteiger partial charge in [-0.15, -0.1) is 0 Å². The lowest BCUT2D eigenvalue weighted by Gasteiger charge is -2.22. The summed E-state index contributed by atoms with van der Waals surface area (Å²) in [6.45, 7) is 1.57. The van der Waals surface area contributed by atoms with Gasteiger partial charge >= 0.3 is 6.18 Å². The van der Waals surface area contributed by atoms with E-state index in [-0.39, 0.29) is 28.8 Å². The van der Waals surface area contributed by atoms with Crippen molar-refractivity contribution in [1.82, 2.24) is 10.3 Å². The third-order valence-corrected chi connectivity index (χ3v) is 5.56. The molecule has 26 heavy (non-hydrogen) atoms. The van der Waals surface area contributed by atoms with Crippen LogP contribution < -0.4 is 16.0 Å². The van der Waals surface area contributed by atoms with Gasteiger partial charge in [-0.2, -0.15) is 13.2 Å². The molecule has 2 fully saturated rings. The maximum Gasteiger partial charge on any atom is 0.417 e. The Labute approximate surface area is 155 Å². The number of nitrogens with one attached hydrogen (secondary N) is 1. The number of carbonyl (C=O) groups excluding carboxylic acids is 1. The van der Waals surface area contributed by atoms with Crippen molar-refractivity contribution >= 4 is 23.3 Å². The summed E-state index contributed by atoms with van der Waals surface area (Å²) in [5.41, 5.74) is 4.87. The summed E-state index contributed by atoms with van der Waals surface area (Å²) in [4.78, 5) is 18.2. The molecule has 3 atom stereocenters. The highest BCUT2D eigenvalue weighted by atomic mass is 35.5. The van der Waals surface area contributed by atoms with Crippen LogP contribution in [0.15, 0.2) is 12.3 Å². The Morgan fingerprint density at radius 2 is 2.15 bits per heavy atom. The first kappa shape index (κ1) is 19.2. The van der Waals surface area contributed by atoms with E-state index in [2.05, 4.69) is 10.3 Å². The first-order valence-electron chi connectivity index (χ1n) is 8.77. The first-order chi connectivity index (χ1) is 12.3. The molecule has 1 saturated heterocycles. The number of hydrogen-bond acceptors (Lipinski definition) is 4. The quantitative estimate of drug-likeness (QED) is 0.829. The molecule has 1 aliphatic carbocycles. The predicted molar refractivity (Wildman–Crippen MR) is 92.9 cm³/mol. The minimum Gasteiger partial charge on any atom is -0.353 e. The molecule has 144 valence electrons. The van der Waals surface area contributed by atoms with E-state index < -0.39 is 11.7 Å². The van der Waals surface area contributed by atoms with Crippen molar-refractivity contribution in [2.24, 2.45) is 17.6 Å². The molecule has 0 bridgehead atoms. The molecule has 1 aromatic heterocycles. The van der Waals surface area contributed by atoms with Crippen LogP contribution in [0.1, 0.15) is 31.2 Å². The van der Waals surface area contributed by atoms with Crippen molar-refractivity contribution in [2.45, 2.75) is 37.9 Å². The minimum absolute atomic E-state index is 0.0243. The number of nitrogens with zero attached hydrogens (tertiary/aromatic N) is 2. The fourth-order valence-corrected chi connectivity index (χ4v) is 4.15. The van der Waals surface area contributed by atoms with Gasteiger partial charge in [0.1, 0.15) is 5.82 Å². The maximum absolute atomic E-state index is 12.7. The molecule has 2 heterocycles. The molecule has 1 unspecified atom stereocenters. The molecule has 1 amide bonds. The van der Waals surface area contributed by atoms with Crippen molar-refractivity contribution in [3.63, 3.8) is 0 Å². The van der Waals surface area contributed by atoms with Crippen molar-refractivity contribution < 1.29 is 18.0 Å². The van der Waals surface area contributed by atoms with Gasteiger partial charge in [0, 0.05) is 31.2 Å². The zero-order chi connectivity index (χ0) is 18.9. The highest BCUT2D eigenvalue weighted by Gasteiger charge is 2.35. The summed E-state index contributed by atoms with van der Waals surface area (Å²) >= 11 is 6.01. The Hall–Kier alpha value is -1.54. The molecular formula is C17H22ClF3N4O. The third kappa shape index (κ3) is 4.06. The van der Waals surface area contributed by atoms with E-state index in [1.54, 1.807) is 0 Å². The summed E-state index contributed by atoms with van der Waals surface area (Å²) in [5, 5.41) is 3.02. The summed E-state index contributed by atoms with van der Waals surface area (Å²) in [6, 6.07) is 0.821. The summed E-state index contributed by atoms with van der Waals surface area (Å²) in [7, 11) is 0. The Kier molecular flexibility index (Phi) is 5.62. The number of nitrogens with two attached hydrogens (primary N) is 1. The topological polar surface area (TPSA) is 71.2 Å². The standard InChI is InChI=1S/C17H22ClF3N4O/c18-14-6-11(17(19,20)21)8-23-15(14)25-5-4-12(9-25)24-16(26)13-3-1-2-10(13)7-22/h6,8,10,12-13H,1-5,7,9,22H2,(H,24,26)/t10-,12?,13-/m1/s1. The van der Waals surface area contributed by atoms with Crippen molar-refractivity contribution in [3.8, 4) is 0 Å². The second-order valence-corrected chi connectivity index (χ2v) is 7.41. The molecule has 0 aromatic carbocycles. The molecule has 3 rings (SSSR count). The number of alkyl halides is 3. The first-order valence-corrected chi connectivity index (χ1v) is 9.15. The zero-order valence-corrected chi connectivity index (χ0v) is 15.0. The molecule has 1 aromatic rings. The van der Waals surface area contributed by atoms with Crippen LogP contribution in [0.2, 0.25) is 5.02 Å². The highest BCUT2D eigenvalue weighted by Crippen LogP contribution is 2.35. The number of pyridine rings is 1. The van der Waals surface area contributed by atoms with Crippen LogP contribution in [0.3, 0.4) is 0 Å². The molecule has 1 saturated carbocycles. The molecule has 2 aliphatic rings. The van der Waals surface area contributed by atoms with Crippen LogP contribution in [-0.2, 0) is 11.0 Å². The molecule has 5 nitrogen and oxygen atoms in total. The Morgan fingerprint density at radius 1 is 1.38 bits per heavy atom. The Bertz CT molecular complexity index is 670. The van der Waals surface area contributed by atoms with Gasteiger partial charge in [0.25, 0.3) is 0 Å². The van der Waals surface area contributed by atoms with Gasteiger partial charge in [-0.05, 0) is 37.8 Å².